The molecule has 0 amide bonds. The summed E-state index contributed by atoms with van der Waals surface area (Å²) in [6.07, 6.45) is 1.30. The normalized spacial score (nSPS) is 11.2. The zero-order valence-electron chi connectivity index (χ0n) is 30.5. The number of fused-ring (bicyclic) bond motifs is 6. The Hall–Kier alpha value is -5.04. The Morgan fingerprint density at radius 2 is 1.05 bits per heavy atom. The number of pyridine rings is 2. The van der Waals surface area contributed by atoms with Gasteiger partial charge in [-0.2, -0.15) is 0 Å². The molecule has 8 rings (SSSR count). The third-order valence-corrected chi connectivity index (χ3v) is 11.1. The van der Waals surface area contributed by atoms with Crippen LogP contribution < -0.4 is 21.8 Å². The van der Waals surface area contributed by atoms with Gasteiger partial charge in [0.1, 0.15) is 0 Å². The lowest BCUT2D eigenvalue weighted by atomic mass is 10.0. The largest absolute Gasteiger partial charge is 0.396 e. The highest BCUT2D eigenvalue weighted by Crippen LogP contribution is 2.36. The number of para-hydroxylation sites is 2. The van der Waals surface area contributed by atoms with E-state index in [1.807, 2.05) is 61.3 Å². The molecule has 5 N–H and O–H groups in total. The van der Waals surface area contributed by atoms with Gasteiger partial charge in [0.2, 0.25) is 11.9 Å². The van der Waals surface area contributed by atoms with E-state index < -0.39 is 0 Å². The van der Waals surface area contributed by atoms with Crippen molar-refractivity contribution in [2.24, 2.45) is 14.1 Å². The summed E-state index contributed by atoms with van der Waals surface area (Å²) in [4.78, 5) is 40.6. The Kier molecular flexibility index (Phi) is 11.8. The highest BCUT2D eigenvalue weighted by Gasteiger charge is 2.20. The molecule has 0 radical (unpaired) electrons. The second kappa shape index (κ2) is 16.2. The molecule has 0 aliphatic heterocycles. The van der Waals surface area contributed by atoms with E-state index in [2.05, 4.69) is 37.5 Å². The van der Waals surface area contributed by atoms with E-state index >= 15 is 0 Å². The molecule has 56 heavy (non-hydrogen) atoms. The Morgan fingerprint density at radius 3 is 1.45 bits per heavy atom. The molecular formula is C41H40Cl4N8O3. The van der Waals surface area contributed by atoms with Crippen molar-refractivity contribution in [1.29, 1.82) is 0 Å². The fourth-order valence-electron chi connectivity index (χ4n) is 7.16. The number of hydrogen-bond acceptors (Lipinski definition) is 7. The average molecular weight is 835 g/mol. The Morgan fingerprint density at radius 1 is 0.661 bits per heavy atom. The fourth-order valence-corrected chi connectivity index (χ4v) is 8.15. The fraction of sp³-hybridized carbons (Fsp3) is 0.220. The number of imidazole rings is 2. The summed E-state index contributed by atoms with van der Waals surface area (Å²) in [6.45, 7) is 5.86. The molecule has 0 saturated carbocycles. The minimum Gasteiger partial charge on any atom is -0.396 e. The summed E-state index contributed by atoms with van der Waals surface area (Å²) >= 11 is 25.1. The van der Waals surface area contributed by atoms with Crippen LogP contribution >= 0.6 is 46.4 Å². The molecule has 0 aliphatic rings. The van der Waals surface area contributed by atoms with Gasteiger partial charge in [0.15, 0.2) is 0 Å². The molecule has 0 atom stereocenters. The number of aliphatic hydroxyl groups is 1. The highest BCUT2D eigenvalue weighted by molar-refractivity contribution is 6.40. The Labute approximate surface area is 342 Å². The Bertz CT molecular complexity index is 2890. The number of rotatable bonds is 7. The SMILES string of the molecule is C.CCc1c(C)[nH]c(=O)c2c1ccc1nc(Nc3c(Cl)cccc3Cl)n(C)c12.Cc1[nH]c(=O)c2c(ccc3nc(Nc4c(Cl)cccc4Cl)n(C)c32)c1CCO. The van der Waals surface area contributed by atoms with Gasteiger partial charge in [-0.15, -0.1) is 0 Å². The van der Waals surface area contributed by atoms with Crippen molar-refractivity contribution in [2.75, 3.05) is 17.2 Å². The number of halogens is 4. The van der Waals surface area contributed by atoms with E-state index in [4.69, 9.17) is 46.4 Å². The molecule has 4 aromatic carbocycles. The maximum absolute atomic E-state index is 12.8. The number of anilines is 4. The van der Waals surface area contributed by atoms with Crippen molar-refractivity contribution in [3.63, 3.8) is 0 Å². The summed E-state index contributed by atoms with van der Waals surface area (Å²) in [5.74, 6) is 1.08. The van der Waals surface area contributed by atoms with Crippen molar-refractivity contribution in [2.45, 2.75) is 41.0 Å². The molecule has 290 valence electrons. The minimum atomic E-state index is -0.190. The first-order chi connectivity index (χ1) is 26.3. The maximum atomic E-state index is 12.8. The summed E-state index contributed by atoms with van der Waals surface area (Å²) in [5.41, 5.74) is 7.42. The van der Waals surface area contributed by atoms with Crippen LogP contribution in [0.15, 0.2) is 70.3 Å². The van der Waals surface area contributed by atoms with Crippen molar-refractivity contribution < 1.29 is 5.11 Å². The van der Waals surface area contributed by atoms with Crippen molar-refractivity contribution >= 4 is 113 Å². The van der Waals surface area contributed by atoms with E-state index in [0.29, 0.717) is 71.6 Å². The average Bonchev–Trinajstić information content (AvgIpc) is 3.64. The molecule has 0 fully saturated rings. The van der Waals surface area contributed by atoms with Crippen LogP contribution in [-0.4, -0.2) is 40.8 Å². The number of nitrogens with one attached hydrogen (secondary N) is 4. The molecule has 0 aliphatic carbocycles. The lowest BCUT2D eigenvalue weighted by Gasteiger charge is -2.11. The first-order valence-electron chi connectivity index (χ1n) is 17.4. The standard InChI is InChI=1S/C20H18Cl2N4O2.C20H18Cl2N4O.CH4/c1-10-11(8-9-27)12-6-7-15-18(16(12)19(28)23-10)26(2)20(24-15)25-17-13(21)4-3-5-14(17)22;1-4-11-10(2)23-19(27)16-12(11)8-9-15-18(16)26(3)20(24-15)25-17-13(21)6-5-7-14(17)22;/h3-7,27H,8-9H2,1-2H3,(H,23,28)(H,24,25);5-9H,4H2,1-3H3,(H,23,27)(H,24,25);1H4. The third-order valence-electron chi connectivity index (χ3n) is 9.80. The number of aromatic amines is 2. The van der Waals surface area contributed by atoms with E-state index in [1.165, 1.54) is 0 Å². The van der Waals surface area contributed by atoms with Crippen LogP contribution in [0, 0.1) is 13.8 Å². The van der Waals surface area contributed by atoms with Crippen LogP contribution in [-0.2, 0) is 26.9 Å². The highest BCUT2D eigenvalue weighted by atomic mass is 35.5. The smallest absolute Gasteiger partial charge is 0.258 e. The summed E-state index contributed by atoms with van der Waals surface area (Å²) in [6, 6.07) is 18.2. The van der Waals surface area contributed by atoms with Crippen LogP contribution in [0.5, 0.6) is 0 Å². The zero-order chi connectivity index (χ0) is 39.3. The van der Waals surface area contributed by atoms with Crippen LogP contribution in [0.25, 0.3) is 43.6 Å². The molecule has 0 unspecified atom stereocenters. The molecule has 0 saturated heterocycles. The topological polar surface area (TPSA) is 146 Å². The summed E-state index contributed by atoms with van der Waals surface area (Å²) in [5, 5.41) is 20.7. The van der Waals surface area contributed by atoms with Gasteiger partial charge in [0, 0.05) is 32.1 Å². The molecule has 0 spiro atoms. The summed E-state index contributed by atoms with van der Waals surface area (Å²) in [7, 11) is 3.69. The number of H-pyrrole nitrogens is 2. The second-order valence-electron chi connectivity index (χ2n) is 13.1. The number of aliphatic hydroxyl groups excluding tert-OH is 1. The van der Waals surface area contributed by atoms with Crippen LogP contribution in [0.4, 0.5) is 23.3 Å². The van der Waals surface area contributed by atoms with Crippen molar-refractivity contribution in [3.05, 3.63) is 124 Å². The zero-order valence-corrected chi connectivity index (χ0v) is 33.5. The number of aryl methyl sites for hydroxylation is 5. The van der Waals surface area contributed by atoms with E-state index in [-0.39, 0.29) is 25.2 Å². The Balaban J connectivity index is 0.000000187. The van der Waals surface area contributed by atoms with Gasteiger partial charge in [0.05, 0.1) is 64.3 Å². The number of benzene rings is 4. The van der Waals surface area contributed by atoms with Gasteiger partial charge in [-0.25, -0.2) is 9.97 Å². The van der Waals surface area contributed by atoms with E-state index in [1.54, 1.807) is 36.4 Å². The number of hydrogen-bond donors (Lipinski definition) is 5. The molecule has 15 heteroatoms. The number of aromatic nitrogens is 6. The molecule has 11 nitrogen and oxygen atoms in total. The van der Waals surface area contributed by atoms with Gasteiger partial charge in [-0.05, 0) is 85.0 Å². The third kappa shape index (κ3) is 7.10. The maximum Gasteiger partial charge on any atom is 0.258 e. The first kappa shape index (κ1) is 40.6. The van der Waals surface area contributed by atoms with Gasteiger partial charge >= 0.3 is 0 Å². The molecular weight excluding hydrogens is 794 g/mol. The van der Waals surface area contributed by atoms with Gasteiger partial charge in [-0.3, -0.25) is 9.59 Å². The second-order valence-corrected chi connectivity index (χ2v) is 14.7. The van der Waals surface area contributed by atoms with Crippen LogP contribution in [0.2, 0.25) is 20.1 Å². The van der Waals surface area contributed by atoms with Crippen molar-refractivity contribution in [3.8, 4) is 0 Å². The molecule has 0 bridgehead atoms. The molecule has 4 aromatic heterocycles. The predicted octanol–water partition coefficient (Wildman–Crippen LogP) is 10.3. The minimum absolute atomic E-state index is 0. The molecule has 8 aromatic rings. The van der Waals surface area contributed by atoms with E-state index in [0.717, 1.165) is 50.7 Å². The quantitative estimate of drug-likeness (QED) is 0.107. The van der Waals surface area contributed by atoms with Gasteiger partial charge in [-0.1, -0.05) is 85.0 Å². The summed E-state index contributed by atoms with van der Waals surface area (Å²) < 4.78 is 3.67. The van der Waals surface area contributed by atoms with Crippen LogP contribution in [0.1, 0.15) is 36.9 Å². The number of nitrogens with zero attached hydrogens (tertiary/aromatic N) is 4. The lowest BCUT2D eigenvalue weighted by molar-refractivity contribution is 0.299. The van der Waals surface area contributed by atoms with Crippen molar-refractivity contribution in [1.82, 2.24) is 29.1 Å². The molecule has 4 heterocycles. The van der Waals surface area contributed by atoms with Gasteiger partial charge in [0.25, 0.3) is 11.1 Å². The lowest BCUT2D eigenvalue weighted by Crippen LogP contribution is -2.13. The van der Waals surface area contributed by atoms with Crippen LogP contribution in [0.3, 0.4) is 0 Å². The monoisotopic (exact) mass is 832 g/mol. The predicted molar refractivity (Wildman–Crippen MR) is 234 cm³/mol. The van der Waals surface area contributed by atoms with Gasteiger partial charge < -0.3 is 34.8 Å². The first-order valence-corrected chi connectivity index (χ1v) is 18.9. The van der Waals surface area contributed by atoms with E-state index in [9.17, 15) is 14.7 Å².